The van der Waals surface area contributed by atoms with Crippen LogP contribution in [0.15, 0.2) is 48.5 Å². The third kappa shape index (κ3) is 5.07. The third-order valence-corrected chi connectivity index (χ3v) is 4.97. The Balaban J connectivity index is 1.75. The van der Waals surface area contributed by atoms with E-state index in [9.17, 15) is 4.79 Å². The molecule has 1 heterocycles. The van der Waals surface area contributed by atoms with Gasteiger partial charge in [0.2, 0.25) is 5.91 Å². The van der Waals surface area contributed by atoms with Crippen LogP contribution in [0, 0.1) is 0 Å². The number of halogens is 1. The molecule has 0 spiro atoms. The van der Waals surface area contributed by atoms with Crippen LogP contribution in [0.4, 0.5) is 5.69 Å². The lowest BCUT2D eigenvalue weighted by Crippen LogP contribution is -2.34. The zero-order valence-electron chi connectivity index (χ0n) is 15.2. The fourth-order valence-electron chi connectivity index (χ4n) is 3.43. The van der Waals surface area contributed by atoms with Crippen LogP contribution in [0.25, 0.3) is 0 Å². The Morgan fingerprint density at radius 2 is 1.92 bits per heavy atom. The highest BCUT2D eigenvalue weighted by atomic mass is 35.5. The van der Waals surface area contributed by atoms with Gasteiger partial charge in [-0.2, -0.15) is 0 Å². The smallest absolute Gasteiger partial charge is 0.223 e. The van der Waals surface area contributed by atoms with Crippen molar-refractivity contribution in [1.82, 2.24) is 10.2 Å². The van der Waals surface area contributed by atoms with Gasteiger partial charge in [-0.3, -0.25) is 9.69 Å². The molecule has 0 aliphatic carbocycles. The highest BCUT2D eigenvalue weighted by Crippen LogP contribution is 2.25. The number of benzene rings is 2. The second-order valence-corrected chi connectivity index (χ2v) is 7.17. The maximum Gasteiger partial charge on any atom is 0.223 e. The molecule has 1 aliphatic rings. The van der Waals surface area contributed by atoms with Crippen LogP contribution in [0.3, 0.4) is 0 Å². The van der Waals surface area contributed by atoms with Gasteiger partial charge in [-0.05, 0) is 35.7 Å². The molecular formula is C21H26ClN3O. The van der Waals surface area contributed by atoms with Crippen molar-refractivity contribution in [2.75, 3.05) is 31.1 Å². The van der Waals surface area contributed by atoms with Gasteiger partial charge in [-0.15, -0.1) is 0 Å². The molecule has 0 saturated carbocycles. The highest BCUT2D eigenvalue weighted by Gasteiger charge is 2.17. The largest absolute Gasteiger partial charge is 0.312 e. The van der Waals surface area contributed by atoms with Gasteiger partial charge in [0, 0.05) is 56.9 Å². The minimum atomic E-state index is 0.0717. The molecule has 0 atom stereocenters. The molecule has 26 heavy (non-hydrogen) atoms. The first-order valence-electron chi connectivity index (χ1n) is 9.17. The summed E-state index contributed by atoms with van der Waals surface area (Å²) >= 11 is 6.18. The Hall–Kier alpha value is -1.88. The summed E-state index contributed by atoms with van der Waals surface area (Å²) in [5.74, 6) is 0.0717. The first kappa shape index (κ1) is 18.9. The summed E-state index contributed by atoms with van der Waals surface area (Å²) in [4.78, 5) is 16.5. The highest BCUT2D eigenvalue weighted by molar-refractivity contribution is 6.30. The Morgan fingerprint density at radius 1 is 1.12 bits per heavy atom. The Morgan fingerprint density at radius 3 is 2.69 bits per heavy atom. The lowest BCUT2D eigenvalue weighted by atomic mass is 10.1. The van der Waals surface area contributed by atoms with E-state index in [0.717, 1.165) is 50.4 Å². The van der Waals surface area contributed by atoms with Gasteiger partial charge in [0.1, 0.15) is 0 Å². The molecule has 3 rings (SSSR count). The lowest BCUT2D eigenvalue weighted by molar-refractivity contribution is -0.116. The van der Waals surface area contributed by atoms with Crippen LogP contribution in [-0.4, -0.2) is 37.0 Å². The van der Waals surface area contributed by atoms with E-state index in [1.54, 1.807) is 6.92 Å². The van der Waals surface area contributed by atoms with E-state index in [1.165, 1.54) is 5.56 Å². The molecule has 1 N–H and O–H groups in total. The summed E-state index contributed by atoms with van der Waals surface area (Å²) < 4.78 is 0. The summed E-state index contributed by atoms with van der Waals surface area (Å²) in [6.45, 7) is 6.83. The first-order chi connectivity index (χ1) is 12.6. The normalized spacial score (nSPS) is 16.6. The number of fused-ring (bicyclic) bond motifs is 1. The molecule has 138 valence electrons. The minimum Gasteiger partial charge on any atom is -0.312 e. The Kier molecular flexibility index (Phi) is 6.67. The molecule has 0 saturated heterocycles. The summed E-state index contributed by atoms with van der Waals surface area (Å²) in [6.07, 6.45) is 0.939. The van der Waals surface area contributed by atoms with Crippen LogP contribution in [-0.2, 0) is 17.9 Å². The Bertz CT molecular complexity index is 735. The summed E-state index contributed by atoms with van der Waals surface area (Å²) in [5, 5.41) is 4.21. The van der Waals surface area contributed by atoms with Crippen molar-refractivity contribution in [3.8, 4) is 0 Å². The van der Waals surface area contributed by atoms with E-state index >= 15 is 0 Å². The molecule has 5 heteroatoms. The summed E-state index contributed by atoms with van der Waals surface area (Å²) in [7, 11) is 0. The SMILES string of the molecule is CC(=O)N1CCCN(Cc2ccccc2)CCNCc2cc(Cl)ccc21. The number of rotatable bonds is 2. The van der Waals surface area contributed by atoms with Crippen molar-refractivity contribution in [3.63, 3.8) is 0 Å². The van der Waals surface area contributed by atoms with E-state index < -0.39 is 0 Å². The van der Waals surface area contributed by atoms with E-state index in [4.69, 9.17) is 11.6 Å². The average molecular weight is 372 g/mol. The fourth-order valence-corrected chi connectivity index (χ4v) is 3.63. The van der Waals surface area contributed by atoms with Gasteiger partial charge in [-0.1, -0.05) is 41.9 Å². The second-order valence-electron chi connectivity index (χ2n) is 6.74. The standard InChI is InChI=1S/C21H26ClN3O/c1-17(26)25-12-5-11-24(16-18-6-3-2-4-7-18)13-10-23-15-19-14-20(22)8-9-21(19)25/h2-4,6-9,14,23H,5,10-13,15-16H2,1H3. The third-order valence-electron chi connectivity index (χ3n) is 4.74. The van der Waals surface area contributed by atoms with E-state index in [0.29, 0.717) is 11.6 Å². The molecule has 1 aliphatic heterocycles. The molecule has 1 amide bonds. The maximum atomic E-state index is 12.2. The minimum absolute atomic E-state index is 0.0717. The maximum absolute atomic E-state index is 12.2. The van der Waals surface area contributed by atoms with Gasteiger partial charge < -0.3 is 10.2 Å². The predicted octanol–water partition coefficient (Wildman–Crippen LogP) is 3.69. The van der Waals surface area contributed by atoms with Gasteiger partial charge in [0.15, 0.2) is 0 Å². The lowest BCUT2D eigenvalue weighted by Gasteiger charge is -2.25. The van der Waals surface area contributed by atoms with E-state index in [2.05, 4.69) is 34.5 Å². The van der Waals surface area contributed by atoms with Crippen LogP contribution in [0.2, 0.25) is 5.02 Å². The number of amides is 1. The molecule has 0 bridgehead atoms. The molecule has 0 unspecified atom stereocenters. The molecule has 0 aromatic heterocycles. The zero-order valence-corrected chi connectivity index (χ0v) is 16.0. The van der Waals surface area contributed by atoms with E-state index in [1.807, 2.05) is 29.2 Å². The first-order valence-corrected chi connectivity index (χ1v) is 9.55. The van der Waals surface area contributed by atoms with Crippen molar-refractivity contribution in [2.24, 2.45) is 0 Å². The number of nitrogens with zero attached hydrogens (tertiary/aromatic N) is 2. The summed E-state index contributed by atoms with van der Waals surface area (Å²) in [6, 6.07) is 16.3. The van der Waals surface area contributed by atoms with Crippen LogP contribution < -0.4 is 10.2 Å². The van der Waals surface area contributed by atoms with Gasteiger partial charge in [0.25, 0.3) is 0 Å². The number of hydrogen-bond acceptors (Lipinski definition) is 3. The van der Waals surface area contributed by atoms with Crippen molar-refractivity contribution in [3.05, 3.63) is 64.7 Å². The number of anilines is 1. The molecule has 2 aromatic rings. The molecule has 2 aromatic carbocycles. The fraction of sp³-hybridized carbons (Fsp3) is 0.381. The van der Waals surface area contributed by atoms with Crippen LogP contribution in [0.5, 0.6) is 0 Å². The number of carbonyl (C=O) groups excluding carboxylic acids is 1. The van der Waals surface area contributed by atoms with Gasteiger partial charge in [-0.25, -0.2) is 0 Å². The Labute approximate surface area is 160 Å². The molecule has 0 radical (unpaired) electrons. The number of nitrogens with one attached hydrogen (secondary N) is 1. The van der Waals surface area contributed by atoms with Gasteiger partial charge >= 0.3 is 0 Å². The zero-order chi connectivity index (χ0) is 18.4. The second kappa shape index (κ2) is 9.17. The van der Waals surface area contributed by atoms with Crippen LogP contribution >= 0.6 is 11.6 Å². The van der Waals surface area contributed by atoms with Crippen molar-refractivity contribution >= 4 is 23.2 Å². The van der Waals surface area contributed by atoms with Crippen molar-refractivity contribution < 1.29 is 4.79 Å². The van der Waals surface area contributed by atoms with Crippen molar-refractivity contribution in [1.29, 1.82) is 0 Å². The average Bonchev–Trinajstić information content (AvgIpc) is 2.66. The summed E-state index contributed by atoms with van der Waals surface area (Å²) in [5.41, 5.74) is 3.36. The number of carbonyl (C=O) groups is 1. The van der Waals surface area contributed by atoms with E-state index in [-0.39, 0.29) is 5.91 Å². The molecule has 0 fully saturated rings. The monoisotopic (exact) mass is 371 g/mol. The van der Waals surface area contributed by atoms with Crippen molar-refractivity contribution in [2.45, 2.75) is 26.4 Å². The topological polar surface area (TPSA) is 35.6 Å². The molecule has 4 nitrogen and oxygen atoms in total. The van der Waals surface area contributed by atoms with Gasteiger partial charge in [0.05, 0.1) is 0 Å². The number of hydrogen-bond donors (Lipinski definition) is 1. The molecular weight excluding hydrogens is 346 g/mol. The predicted molar refractivity (Wildman–Crippen MR) is 108 cm³/mol. The quantitative estimate of drug-likeness (QED) is 0.874. The van der Waals surface area contributed by atoms with Crippen LogP contribution in [0.1, 0.15) is 24.5 Å².